The third-order valence-corrected chi connectivity index (χ3v) is 9.61. The Balaban J connectivity index is 1.31. The van der Waals surface area contributed by atoms with Crippen molar-refractivity contribution in [3.63, 3.8) is 0 Å². The molecule has 0 fully saturated rings. The first kappa shape index (κ1) is 29.4. The van der Waals surface area contributed by atoms with E-state index in [2.05, 4.69) is 42.4 Å². The molecule has 0 aliphatic heterocycles. The van der Waals surface area contributed by atoms with Gasteiger partial charge in [-0.3, -0.25) is 4.79 Å². The highest BCUT2D eigenvalue weighted by Crippen LogP contribution is 2.44. The number of amides is 1. The fraction of sp³-hybridized carbons (Fsp3) is 0.517. The van der Waals surface area contributed by atoms with Gasteiger partial charge >= 0.3 is 0 Å². The lowest BCUT2D eigenvalue weighted by Gasteiger charge is -2.33. The number of nitriles is 1. The Morgan fingerprint density at radius 1 is 1.36 bits per heavy atom. The van der Waals surface area contributed by atoms with Gasteiger partial charge in [0.15, 0.2) is 5.16 Å². The van der Waals surface area contributed by atoms with Gasteiger partial charge in [0.1, 0.15) is 22.6 Å². The van der Waals surface area contributed by atoms with Gasteiger partial charge in [0, 0.05) is 22.9 Å². The number of nitrogens with zero attached hydrogens (tertiary/aromatic N) is 4. The Morgan fingerprint density at radius 3 is 2.85 bits per heavy atom. The molecule has 2 aromatic heterocycles. The molecule has 208 valence electrons. The van der Waals surface area contributed by atoms with Gasteiger partial charge in [0.05, 0.1) is 17.9 Å². The lowest BCUT2D eigenvalue weighted by atomic mass is 9.72. The summed E-state index contributed by atoms with van der Waals surface area (Å²) in [5, 5.41) is 23.6. The molecule has 39 heavy (non-hydrogen) atoms. The molecule has 7 nitrogen and oxygen atoms in total. The Bertz CT molecular complexity index is 1370. The van der Waals surface area contributed by atoms with Crippen LogP contribution in [0.1, 0.15) is 67.9 Å². The van der Waals surface area contributed by atoms with Crippen LogP contribution in [0.15, 0.2) is 23.4 Å². The van der Waals surface area contributed by atoms with Crippen LogP contribution in [0, 0.1) is 29.6 Å². The van der Waals surface area contributed by atoms with E-state index < -0.39 is 0 Å². The van der Waals surface area contributed by atoms with E-state index in [1.807, 2.05) is 36.6 Å². The van der Waals surface area contributed by atoms with Crippen LogP contribution in [-0.2, 0) is 30.6 Å². The van der Waals surface area contributed by atoms with Gasteiger partial charge in [-0.2, -0.15) is 5.26 Å². The van der Waals surface area contributed by atoms with Crippen molar-refractivity contribution < 1.29 is 9.53 Å². The van der Waals surface area contributed by atoms with Crippen molar-refractivity contribution in [2.75, 3.05) is 17.7 Å². The van der Waals surface area contributed by atoms with Gasteiger partial charge in [-0.1, -0.05) is 44.1 Å². The minimum atomic E-state index is -0.138. The zero-order chi connectivity index (χ0) is 28.2. The number of nitrogens with one attached hydrogen (secondary N) is 1. The van der Waals surface area contributed by atoms with E-state index in [-0.39, 0.29) is 17.1 Å². The number of carbonyl (C=O) groups is 1. The van der Waals surface area contributed by atoms with E-state index in [1.165, 1.54) is 16.6 Å². The van der Waals surface area contributed by atoms with Gasteiger partial charge < -0.3 is 14.6 Å². The predicted molar refractivity (Wildman–Crippen MR) is 159 cm³/mol. The number of fused-ring (bicyclic) bond motifs is 1. The Labute approximate surface area is 244 Å². The summed E-state index contributed by atoms with van der Waals surface area (Å²) >= 11 is 8.95. The highest BCUT2D eigenvalue weighted by Gasteiger charge is 2.32. The lowest BCUT2D eigenvalue weighted by Crippen LogP contribution is -2.26. The smallest absolute Gasteiger partial charge is 0.235 e. The molecule has 0 saturated heterocycles. The molecule has 4 rings (SSSR count). The van der Waals surface area contributed by atoms with Crippen LogP contribution in [0.4, 0.5) is 5.00 Å². The van der Waals surface area contributed by atoms with Crippen molar-refractivity contribution in [3.05, 3.63) is 50.6 Å². The predicted octanol–water partition coefficient (Wildman–Crippen LogP) is 7.09. The molecule has 1 amide bonds. The second-order valence-electron chi connectivity index (χ2n) is 11.0. The molecule has 0 bridgehead atoms. The van der Waals surface area contributed by atoms with E-state index in [0.717, 1.165) is 60.0 Å². The Hall–Kier alpha value is -2.54. The van der Waals surface area contributed by atoms with Crippen molar-refractivity contribution in [1.29, 1.82) is 5.26 Å². The van der Waals surface area contributed by atoms with Gasteiger partial charge in [-0.05, 0) is 80.2 Å². The van der Waals surface area contributed by atoms with Crippen LogP contribution in [0.2, 0.25) is 5.02 Å². The maximum Gasteiger partial charge on any atom is 0.235 e. The Morgan fingerprint density at radius 2 is 2.15 bits per heavy atom. The Kier molecular flexibility index (Phi) is 9.63. The second kappa shape index (κ2) is 12.8. The number of carbonyl (C=O) groups excluding carboxylic acids is 1. The van der Waals surface area contributed by atoms with Crippen molar-refractivity contribution in [3.8, 4) is 11.8 Å². The largest absolute Gasteiger partial charge is 0.493 e. The molecule has 10 heteroatoms. The number of ether oxygens (including phenoxy) is 1. The summed E-state index contributed by atoms with van der Waals surface area (Å²) in [7, 11) is 0. The van der Waals surface area contributed by atoms with Crippen LogP contribution < -0.4 is 10.1 Å². The molecule has 0 radical (unpaired) electrons. The maximum atomic E-state index is 12.9. The average Bonchev–Trinajstić information content (AvgIpc) is 3.44. The summed E-state index contributed by atoms with van der Waals surface area (Å²) in [6.45, 7) is 12.1. The summed E-state index contributed by atoms with van der Waals surface area (Å²) in [6.07, 6.45) is 4.46. The number of halogens is 1. The second-order valence-corrected chi connectivity index (χ2v) is 13.5. The quantitative estimate of drug-likeness (QED) is 0.202. The van der Waals surface area contributed by atoms with E-state index in [9.17, 15) is 10.1 Å². The molecule has 1 aliphatic rings. The number of hydrogen-bond acceptors (Lipinski definition) is 7. The van der Waals surface area contributed by atoms with Crippen molar-refractivity contribution in [1.82, 2.24) is 14.8 Å². The molecule has 1 N–H and O–H groups in total. The molecular formula is C29H36ClN5O2S2. The zero-order valence-corrected chi connectivity index (χ0v) is 25.7. The number of aryl methyl sites for hydroxylation is 2. The van der Waals surface area contributed by atoms with Crippen LogP contribution in [-0.4, -0.2) is 33.0 Å². The molecule has 3 aromatic rings. The molecule has 2 heterocycles. The highest BCUT2D eigenvalue weighted by atomic mass is 35.5. The summed E-state index contributed by atoms with van der Waals surface area (Å²) in [5.74, 6) is 2.36. The first-order chi connectivity index (χ1) is 18.6. The summed E-state index contributed by atoms with van der Waals surface area (Å²) < 4.78 is 7.95. The number of aromatic nitrogens is 3. The molecule has 1 atom stereocenters. The lowest BCUT2D eigenvalue weighted by molar-refractivity contribution is -0.113. The number of rotatable bonds is 10. The highest BCUT2D eigenvalue weighted by molar-refractivity contribution is 7.99. The van der Waals surface area contributed by atoms with E-state index >= 15 is 0 Å². The van der Waals surface area contributed by atoms with Crippen molar-refractivity contribution >= 4 is 45.6 Å². The van der Waals surface area contributed by atoms with Crippen LogP contribution in [0.3, 0.4) is 0 Å². The van der Waals surface area contributed by atoms with Crippen molar-refractivity contribution in [2.24, 2.45) is 11.3 Å². The fourth-order valence-electron chi connectivity index (χ4n) is 4.94. The average molecular weight is 586 g/mol. The van der Waals surface area contributed by atoms with Crippen LogP contribution >= 0.6 is 34.7 Å². The van der Waals surface area contributed by atoms with Crippen molar-refractivity contribution in [2.45, 2.75) is 78.4 Å². The normalized spacial score (nSPS) is 15.1. The maximum absolute atomic E-state index is 12.9. The van der Waals surface area contributed by atoms with E-state index in [4.69, 9.17) is 16.3 Å². The van der Waals surface area contributed by atoms with Crippen LogP contribution in [0.5, 0.6) is 5.75 Å². The monoisotopic (exact) mass is 585 g/mol. The van der Waals surface area contributed by atoms with Crippen LogP contribution in [0.25, 0.3) is 0 Å². The minimum absolute atomic E-state index is 0.138. The number of anilines is 1. The van der Waals surface area contributed by atoms with Gasteiger partial charge in [0.25, 0.3) is 0 Å². The number of thioether (sulfide) groups is 1. The molecule has 1 unspecified atom stereocenters. The molecule has 1 aliphatic carbocycles. The first-order valence-corrected chi connectivity index (χ1v) is 15.6. The third kappa shape index (κ3) is 7.16. The van der Waals surface area contributed by atoms with E-state index in [0.29, 0.717) is 34.7 Å². The molecule has 0 saturated carbocycles. The van der Waals surface area contributed by atoms with Gasteiger partial charge in [-0.15, -0.1) is 21.5 Å². The topological polar surface area (TPSA) is 92.8 Å². The van der Waals surface area contributed by atoms with Gasteiger partial charge in [-0.25, -0.2) is 0 Å². The minimum Gasteiger partial charge on any atom is -0.493 e. The number of thiophene rings is 1. The number of hydrogen-bond donors (Lipinski definition) is 1. The fourth-order valence-corrected chi connectivity index (χ4v) is 7.28. The zero-order valence-electron chi connectivity index (χ0n) is 23.3. The first-order valence-electron chi connectivity index (χ1n) is 13.4. The molecule has 0 spiro atoms. The molecule has 1 aromatic carbocycles. The summed E-state index contributed by atoms with van der Waals surface area (Å²) in [4.78, 5) is 14.1. The third-order valence-electron chi connectivity index (χ3n) is 7.24. The standard InChI is InChI=1S/C29H36ClN5O2S2/c1-6-35-25(8-7-13-37-23-12-10-20(30)14-18(23)2)33-34-28(35)38-17-26(36)32-27-22(16-31)21-11-9-19(29(3,4)5)15-24(21)39-27/h10,12,14,19H,6-9,11,13,15,17H2,1-5H3,(H,32,36). The SMILES string of the molecule is CCn1c(CCCOc2ccc(Cl)cc2C)nnc1SCC(=O)Nc1sc2c(c1C#N)CCC(C(C)(C)C)C2. The summed E-state index contributed by atoms with van der Waals surface area (Å²) in [5.41, 5.74) is 2.99. The van der Waals surface area contributed by atoms with Gasteiger partial charge in [0.2, 0.25) is 5.91 Å². The van der Waals surface area contributed by atoms with E-state index in [1.54, 1.807) is 11.3 Å². The molecular weight excluding hydrogens is 550 g/mol. The summed E-state index contributed by atoms with van der Waals surface area (Å²) in [6, 6.07) is 7.95. The number of benzene rings is 1.